The molecule has 2 heterocycles. The summed E-state index contributed by atoms with van der Waals surface area (Å²) in [5, 5.41) is 3.17. The molecule has 4 nitrogen and oxygen atoms in total. The Hall–Kier alpha value is -1.20. The van der Waals surface area contributed by atoms with E-state index in [0.717, 1.165) is 37.4 Å². The van der Waals surface area contributed by atoms with E-state index in [0.29, 0.717) is 25.6 Å². The summed E-state index contributed by atoms with van der Waals surface area (Å²) >= 11 is 1.69. The van der Waals surface area contributed by atoms with Crippen LogP contribution in [0, 0.1) is 0 Å². The summed E-state index contributed by atoms with van der Waals surface area (Å²) in [6.45, 7) is 6.48. The van der Waals surface area contributed by atoms with Gasteiger partial charge >= 0.3 is 0 Å². The smallest absolute Gasteiger partial charge is 0.222 e. The molecule has 0 aromatic carbocycles. The van der Waals surface area contributed by atoms with E-state index < -0.39 is 0 Å². The summed E-state index contributed by atoms with van der Waals surface area (Å²) in [6, 6.07) is 0. The van der Waals surface area contributed by atoms with Crippen molar-refractivity contribution in [1.29, 1.82) is 0 Å². The molecule has 1 saturated heterocycles. The third-order valence-corrected chi connectivity index (χ3v) is 4.43. The van der Waals surface area contributed by atoms with Crippen molar-refractivity contribution in [2.45, 2.75) is 31.6 Å². The number of likely N-dealkylation sites (tertiary alicyclic amines) is 1. The van der Waals surface area contributed by atoms with E-state index in [1.54, 1.807) is 17.4 Å². The lowest BCUT2D eigenvalue weighted by Gasteiger charge is -2.32. The Morgan fingerprint density at radius 1 is 1.65 bits per heavy atom. The van der Waals surface area contributed by atoms with Gasteiger partial charge in [0, 0.05) is 43.6 Å². The lowest BCUT2D eigenvalue weighted by molar-refractivity contribution is -0.132. The first-order valence-corrected chi connectivity index (χ1v) is 8.05. The molecule has 0 bridgehead atoms. The molecule has 1 fully saturated rings. The van der Waals surface area contributed by atoms with Crippen molar-refractivity contribution < 1.29 is 9.53 Å². The summed E-state index contributed by atoms with van der Waals surface area (Å²) in [7, 11) is 0. The molecule has 0 aliphatic carbocycles. The zero-order chi connectivity index (χ0) is 14.2. The van der Waals surface area contributed by atoms with Crippen molar-refractivity contribution in [3.05, 3.63) is 29.2 Å². The summed E-state index contributed by atoms with van der Waals surface area (Å²) in [6.07, 6.45) is 7.14. The van der Waals surface area contributed by atoms with Gasteiger partial charge in [-0.3, -0.25) is 4.79 Å². The van der Waals surface area contributed by atoms with Gasteiger partial charge in [0.25, 0.3) is 0 Å². The minimum absolute atomic E-state index is 0.244. The Kier molecular flexibility index (Phi) is 6.21. The second kappa shape index (κ2) is 8.17. The lowest BCUT2D eigenvalue weighted by atomic mass is 9.98. The number of nitrogens with zero attached hydrogens (tertiary/aromatic N) is 2. The van der Waals surface area contributed by atoms with Gasteiger partial charge in [0.2, 0.25) is 5.91 Å². The molecule has 1 aromatic rings. The van der Waals surface area contributed by atoms with E-state index in [1.807, 2.05) is 16.5 Å². The van der Waals surface area contributed by atoms with Crippen molar-refractivity contribution in [2.24, 2.45) is 0 Å². The Morgan fingerprint density at radius 3 is 3.30 bits per heavy atom. The van der Waals surface area contributed by atoms with Gasteiger partial charge in [0.1, 0.15) is 0 Å². The van der Waals surface area contributed by atoms with Gasteiger partial charge in [-0.05, 0) is 19.3 Å². The van der Waals surface area contributed by atoms with Gasteiger partial charge in [-0.1, -0.05) is 6.08 Å². The molecular weight excluding hydrogens is 272 g/mol. The number of amides is 1. The highest BCUT2D eigenvalue weighted by Gasteiger charge is 2.25. The minimum Gasteiger partial charge on any atom is -0.377 e. The van der Waals surface area contributed by atoms with Crippen molar-refractivity contribution in [3.8, 4) is 0 Å². The van der Waals surface area contributed by atoms with Crippen LogP contribution in [0.25, 0.3) is 0 Å². The van der Waals surface area contributed by atoms with Crippen LogP contribution < -0.4 is 0 Å². The Bertz CT molecular complexity index is 420. The second-order valence-electron chi connectivity index (χ2n) is 5.02. The van der Waals surface area contributed by atoms with Gasteiger partial charge in [-0.15, -0.1) is 17.9 Å². The average Bonchev–Trinajstić information content (AvgIpc) is 3.01. The quantitative estimate of drug-likeness (QED) is 0.573. The number of ether oxygens (including phenoxy) is 1. The van der Waals surface area contributed by atoms with Gasteiger partial charge < -0.3 is 9.64 Å². The van der Waals surface area contributed by atoms with Crippen LogP contribution in [0.3, 0.4) is 0 Å². The van der Waals surface area contributed by atoms with Crippen LogP contribution in [-0.4, -0.2) is 42.1 Å². The summed E-state index contributed by atoms with van der Waals surface area (Å²) in [4.78, 5) is 18.5. The fourth-order valence-electron chi connectivity index (χ4n) is 2.49. The van der Waals surface area contributed by atoms with Gasteiger partial charge in [0.15, 0.2) is 0 Å². The summed E-state index contributed by atoms with van der Waals surface area (Å²) < 4.78 is 5.30. The van der Waals surface area contributed by atoms with Crippen molar-refractivity contribution in [3.63, 3.8) is 0 Å². The van der Waals surface area contributed by atoms with Gasteiger partial charge in [-0.2, -0.15) is 0 Å². The number of hydrogen-bond donors (Lipinski definition) is 0. The van der Waals surface area contributed by atoms with Crippen LogP contribution in [0.4, 0.5) is 0 Å². The highest BCUT2D eigenvalue weighted by atomic mass is 32.1. The molecule has 0 unspecified atom stereocenters. The van der Waals surface area contributed by atoms with Crippen LogP contribution in [0.1, 0.15) is 36.6 Å². The molecule has 1 aliphatic heterocycles. The van der Waals surface area contributed by atoms with Crippen LogP contribution in [0.2, 0.25) is 0 Å². The molecule has 5 heteroatoms. The van der Waals surface area contributed by atoms with Crippen molar-refractivity contribution in [1.82, 2.24) is 9.88 Å². The standard InChI is InChI=1S/C15H22N2O2S/c1-2-9-19-10-4-6-14(18)17-8-3-5-13(12-17)15-16-7-11-20-15/h2,7,11,13H,1,3-6,8-10,12H2/t13-/m1/s1. The predicted molar refractivity (Wildman–Crippen MR) is 80.9 cm³/mol. The Morgan fingerprint density at radius 2 is 2.55 bits per heavy atom. The fourth-order valence-corrected chi connectivity index (χ4v) is 3.26. The van der Waals surface area contributed by atoms with E-state index in [2.05, 4.69) is 11.6 Å². The largest absolute Gasteiger partial charge is 0.377 e. The van der Waals surface area contributed by atoms with Gasteiger partial charge in [-0.25, -0.2) is 4.98 Å². The molecule has 1 aromatic heterocycles. The zero-order valence-corrected chi connectivity index (χ0v) is 12.6. The van der Waals surface area contributed by atoms with E-state index >= 15 is 0 Å². The molecule has 1 atom stereocenters. The summed E-state index contributed by atoms with van der Waals surface area (Å²) in [5.41, 5.74) is 0. The Balaban J connectivity index is 1.74. The first kappa shape index (κ1) is 15.2. The third kappa shape index (κ3) is 4.42. The van der Waals surface area contributed by atoms with Crippen LogP contribution >= 0.6 is 11.3 Å². The van der Waals surface area contributed by atoms with Crippen LogP contribution in [0.15, 0.2) is 24.2 Å². The Labute approximate surface area is 124 Å². The maximum Gasteiger partial charge on any atom is 0.222 e. The zero-order valence-electron chi connectivity index (χ0n) is 11.8. The summed E-state index contributed by atoms with van der Waals surface area (Å²) in [5.74, 6) is 0.665. The monoisotopic (exact) mass is 294 g/mol. The molecule has 20 heavy (non-hydrogen) atoms. The van der Waals surface area contributed by atoms with Crippen molar-refractivity contribution in [2.75, 3.05) is 26.3 Å². The normalized spacial score (nSPS) is 19.0. The van der Waals surface area contributed by atoms with E-state index in [-0.39, 0.29) is 5.91 Å². The molecule has 0 N–H and O–H groups in total. The topological polar surface area (TPSA) is 42.4 Å². The number of hydrogen-bond acceptors (Lipinski definition) is 4. The number of thiazole rings is 1. The number of carbonyl (C=O) groups excluding carboxylic acids is 1. The molecule has 0 saturated carbocycles. The fraction of sp³-hybridized carbons (Fsp3) is 0.600. The highest BCUT2D eigenvalue weighted by molar-refractivity contribution is 7.09. The maximum absolute atomic E-state index is 12.2. The SMILES string of the molecule is C=CCOCCCC(=O)N1CCC[C@@H](c2nccs2)C1. The second-order valence-corrected chi connectivity index (χ2v) is 5.94. The lowest BCUT2D eigenvalue weighted by Crippen LogP contribution is -2.39. The van der Waals surface area contributed by atoms with E-state index in [9.17, 15) is 4.79 Å². The first-order chi connectivity index (χ1) is 9.81. The van der Waals surface area contributed by atoms with Gasteiger partial charge in [0.05, 0.1) is 11.6 Å². The van der Waals surface area contributed by atoms with E-state index in [1.165, 1.54) is 0 Å². The molecule has 1 aliphatic rings. The molecule has 0 radical (unpaired) electrons. The van der Waals surface area contributed by atoms with E-state index in [4.69, 9.17) is 4.74 Å². The molecule has 2 rings (SSSR count). The van der Waals surface area contributed by atoms with Crippen LogP contribution in [0.5, 0.6) is 0 Å². The van der Waals surface area contributed by atoms with Crippen LogP contribution in [-0.2, 0) is 9.53 Å². The molecular formula is C15H22N2O2S. The minimum atomic E-state index is 0.244. The number of carbonyl (C=O) groups is 1. The number of piperidine rings is 1. The van der Waals surface area contributed by atoms with Crippen molar-refractivity contribution >= 4 is 17.2 Å². The molecule has 1 amide bonds. The highest BCUT2D eigenvalue weighted by Crippen LogP contribution is 2.28. The predicted octanol–water partition coefficient (Wildman–Crippen LogP) is 2.83. The number of rotatable bonds is 7. The molecule has 110 valence electrons. The first-order valence-electron chi connectivity index (χ1n) is 7.17. The number of aromatic nitrogens is 1. The molecule has 0 spiro atoms. The average molecular weight is 294 g/mol. The third-order valence-electron chi connectivity index (χ3n) is 3.49. The maximum atomic E-state index is 12.2.